The Morgan fingerprint density at radius 2 is 1.94 bits per heavy atom. The van der Waals surface area contributed by atoms with Gasteiger partial charge in [0.05, 0.1) is 21.6 Å². The summed E-state index contributed by atoms with van der Waals surface area (Å²) in [7, 11) is 0. The molecule has 0 fully saturated rings. The second kappa shape index (κ2) is 9.79. The lowest BCUT2D eigenvalue weighted by atomic mass is 9.97. The summed E-state index contributed by atoms with van der Waals surface area (Å²) >= 11 is 1.56. The number of hydrogen-bond donors (Lipinski definition) is 3. The number of benzene rings is 2. The molecule has 5 rings (SSSR count). The summed E-state index contributed by atoms with van der Waals surface area (Å²) in [5, 5.41) is 18.2. The van der Waals surface area contributed by atoms with Gasteiger partial charge in [-0.3, -0.25) is 5.43 Å². The molecule has 0 amide bonds. The molecule has 4 aromatic rings. The molecule has 168 valence electrons. The number of nitrogens with zero attached hydrogens (tertiary/aromatic N) is 3. The van der Waals surface area contributed by atoms with E-state index in [0.717, 1.165) is 50.8 Å². The smallest absolute Gasteiger partial charge is 0.354 e. The number of hydrazone groups is 1. The third kappa shape index (κ3) is 4.70. The number of thiazole rings is 1. The van der Waals surface area contributed by atoms with Gasteiger partial charge in [0.15, 0.2) is 5.69 Å². The van der Waals surface area contributed by atoms with Gasteiger partial charge in [0.1, 0.15) is 0 Å². The Kier molecular flexibility index (Phi) is 6.65. The third-order valence-corrected chi connectivity index (χ3v) is 6.12. The predicted molar refractivity (Wildman–Crippen MR) is 136 cm³/mol. The quantitative estimate of drug-likeness (QED) is 0.323. The van der Waals surface area contributed by atoms with Crippen molar-refractivity contribution >= 4 is 44.1 Å². The molecule has 1 aliphatic heterocycles. The number of fused-ring (bicyclic) bond motifs is 2. The SMILES string of the molecule is CC.Cc1ccc(-c2ccc3c(c2)/C(=N/Nc2nc4ccccc4s2)CCN3)nc1C(=O)O. The van der Waals surface area contributed by atoms with Crippen LogP contribution in [0.2, 0.25) is 0 Å². The summed E-state index contributed by atoms with van der Waals surface area (Å²) < 4.78 is 1.11. The standard InChI is InChI=1S/C23H19N5O2S.C2H6/c1-13-6-8-16(25-21(13)22(29)30)14-7-9-17-15(12-14)18(10-11-24-17)27-28-23-26-19-4-2-3-5-20(19)31-23;1-2/h2-9,12,24H,10-11H2,1H3,(H,26,28)(H,29,30);1-2H3/b27-18+;. The Balaban J connectivity index is 0.00000126. The molecule has 33 heavy (non-hydrogen) atoms. The molecule has 0 radical (unpaired) electrons. The van der Waals surface area contributed by atoms with Crippen molar-refractivity contribution in [3.8, 4) is 11.3 Å². The van der Waals surface area contributed by atoms with Gasteiger partial charge in [-0.2, -0.15) is 5.10 Å². The topological polar surface area (TPSA) is 99.5 Å². The van der Waals surface area contributed by atoms with E-state index in [1.54, 1.807) is 24.3 Å². The van der Waals surface area contributed by atoms with Crippen LogP contribution >= 0.6 is 11.3 Å². The lowest BCUT2D eigenvalue weighted by Gasteiger charge is -2.20. The summed E-state index contributed by atoms with van der Waals surface area (Å²) in [6.45, 7) is 6.54. The van der Waals surface area contributed by atoms with E-state index in [1.807, 2.05) is 62.4 Å². The number of carboxylic acid groups (broad SMARTS) is 1. The van der Waals surface area contributed by atoms with Crippen LogP contribution in [0.3, 0.4) is 0 Å². The van der Waals surface area contributed by atoms with E-state index in [2.05, 4.69) is 25.8 Å². The Labute approximate surface area is 196 Å². The first-order chi connectivity index (χ1) is 16.1. The van der Waals surface area contributed by atoms with E-state index in [9.17, 15) is 9.90 Å². The van der Waals surface area contributed by atoms with Gasteiger partial charge in [0.2, 0.25) is 5.13 Å². The lowest BCUT2D eigenvalue weighted by molar-refractivity contribution is 0.0689. The van der Waals surface area contributed by atoms with Crippen LogP contribution < -0.4 is 10.7 Å². The van der Waals surface area contributed by atoms with Crippen LogP contribution in [-0.4, -0.2) is 33.3 Å². The van der Waals surface area contributed by atoms with E-state index in [0.29, 0.717) is 11.3 Å². The highest BCUT2D eigenvalue weighted by molar-refractivity contribution is 7.22. The number of rotatable bonds is 4. The number of aromatic nitrogens is 2. The molecule has 8 heteroatoms. The van der Waals surface area contributed by atoms with Gasteiger partial charge < -0.3 is 10.4 Å². The molecule has 0 saturated carbocycles. The van der Waals surface area contributed by atoms with Crippen molar-refractivity contribution in [1.29, 1.82) is 0 Å². The van der Waals surface area contributed by atoms with Crippen LogP contribution in [0, 0.1) is 6.92 Å². The minimum atomic E-state index is -1.03. The molecule has 7 nitrogen and oxygen atoms in total. The molecule has 3 heterocycles. The highest BCUT2D eigenvalue weighted by atomic mass is 32.1. The molecule has 0 bridgehead atoms. The van der Waals surface area contributed by atoms with Gasteiger partial charge in [-0.15, -0.1) is 0 Å². The van der Waals surface area contributed by atoms with Crippen molar-refractivity contribution in [2.45, 2.75) is 27.2 Å². The van der Waals surface area contributed by atoms with Crippen LogP contribution in [0.15, 0.2) is 59.7 Å². The van der Waals surface area contributed by atoms with Crippen molar-refractivity contribution in [2.75, 3.05) is 17.3 Å². The zero-order valence-electron chi connectivity index (χ0n) is 18.7. The Morgan fingerprint density at radius 3 is 2.73 bits per heavy atom. The number of pyridine rings is 1. The maximum absolute atomic E-state index is 11.5. The molecule has 0 atom stereocenters. The molecule has 2 aromatic carbocycles. The van der Waals surface area contributed by atoms with Crippen LogP contribution in [0.5, 0.6) is 0 Å². The minimum Gasteiger partial charge on any atom is -0.477 e. The van der Waals surface area contributed by atoms with Crippen molar-refractivity contribution < 1.29 is 9.90 Å². The number of carbonyl (C=O) groups is 1. The Hall–Kier alpha value is -3.78. The third-order valence-electron chi connectivity index (χ3n) is 5.18. The normalized spacial score (nSPS) is 13.6. The van der Waals surface area contributed by atoms with Gasteiger partial charge in [-0.25, -0.2) is 14.8 Å². The highest BCUT2D eigenvalue weighted by Crippen LogP contribution is 2.30. The van der Waals surface area contributed by atoms with Gasteiger partial charge >= 0.3 is 5.97 Å². The summed E-state index contributed by atoms with van der Waals surface area (Å²) in [5.74, 6) is -1.03. The molecule has 3 N–H and O–H groups in total. The van der Waals surface area contributed by atoms with Crippen molar-refractivity contribution in [3.63, 3.8) is 0 Å². The number of aromatic carboxylic acids is 1. The van der Waals surface area contributed by atoms with E-state index in [-0.39, 0.29) is 5.69 Å². The molecule has 0 aliphatic carbocycles. The fourth-order valence-electron chi connectivity index (χ4n) is 3.60. The molecular formula is C25H25N5O2S. The molecule has 2 aromatic heterocycles. The summed E-state index contributed by atoms with van der Waals surface area (Å²) in [5.41, 5.74) is 9.11. The van der Waals surface area contributed by atoms with E-state index in [1.165, 1.54) is 0 Å². The average Bonchev–Trinajstić information content (AvgIpc) is 3.27. The molecule has 1 aliphatic rings. The maximum Gasteiger partial charge on any atom is 0.354 e. The average molecular weight is 460 g/mol. The first kappa shape index (κ1) is 22.4. The summed E-state index contributed by atoms with van der Waals surface area (Å²) in [6, 6.07) is 17.5. The summed E-state index contributed by atoms with van der Waals surface area (Å²) in [4.78, 5) is 20.4. The number of carboxylic acids is 1. The van der Waals surface area contributed by atoms with Gasteiger partial charge in [0, 0.05) is 29.8 Å². The maximum atomic E-state index is 11.5. The first-order valence-electron chi connectivity index (χ1n) is 10.9. The van der Waals surface area contributed by atoms with E-state index >= 15 is 0 Å². The van der Waals surface area contributed by atoms with Crippen LogP contribution in [-0.2, 0) is 0 Å². The fourth-order valence-corrected chi connectivity index (χ4v) is 4.41. The van der Waals surface area contributed by atoms with Crippen LogP contribution in [0.1, 0.15) is 41.9 Å². The van der Waals surface area contributed by atoms with E-state index in [4.69, 9.17) is 0 Å². The van der Waals surface area contributed by atoms with Crippen molar-refractivity contribution in [2.24, 2.45) is 5.10 Å². The van der Waals surface area contributed by atoms with Crippen LogP contribution in [0.4, 0.5) is 10.8 Å². The first-order valence-corrected chi connectivity index (χ1v) is 11.7. The van der Waals surface area contributed by atoms with Crippen molar-refractivity contribution in [3.05, 3.63) is 71.4 Å². The number of aryl methyl sites for hydroxylation is 1. The monoisotopic (exact) mass is 459 g/mol. The number of hydrogen-bond acceptors (Lipinski definition) is 7. The van der Waals surface area contributed by atoms with Crippen LogP contribution in [0.25, 0.3) is 21.5 Å². The molecule has 0 spiro atoms. The zero-order chi connectivity index (χ0) is 23.4. The number of para-hydroxylation sites is 1. The lowest BCUT2D eigenvalue weighted by Crippen LogP contribution is -2.19. The Morgan fingerprint density at radius 1 is 1.12 bits per heavy atom. The highest BCUT2D eigenvalue weighted by Gasteiger charge is 2.18. The fraction of sp³-hybridized carbons (Fsp3) is 0.200. The molecule has 0 saturated heterocycles. The summed E-state index contributed by atoms with van der Waals surface area (Å²) in [6.07, 6.45) is 0.760. The number of anilines is 2. The minimum absolute atomic E-state index is 0.0692. The molecular weight excluding hydrogens is 434 g/mol. The van der Waals surface area contributed by atoms with Crippen molar-refractivity contribution in [1.82, 2.24) is 9.97 Å². The Bertz CT molecular complexity index is 1310. The number of nitrogens with one attached hydrogen (secondary N) is 2. The predicted octanol–water partition coefficient (Wildman–Crippen LogP) is 6.02. The van der Waals surface area contributed by atoms with Gasteiger partial charge in [0.25, 0.3) is 0 Å². The zero-order valence-corrected chi connectivity index (χ0v) is 19.5. The van der Waals surface area contributed by atoms with E-state index < -0.39 is 5.97 Å². The second-order valence-corrected chi connectivity index (χ2v) is 8.29. The van der Waals surface area contributed by atoms with Gasteiger partial charge in [-0.1, -0.05) is 49.4 Å². The second-order valence-electron chi connectivity index (χ2n) is 7.26. The largest absolute Gasteiger partial charge is 0.477 e. The van der Waals surface area contributed by atoms with Gasteiger partial charge in [-0.05, 0) is 42.8 Å². The molecule has 0 unspecified atom stereocenters.